The number of carbonyl (C=O) groups is 1. The number of hydrogen-bond donors (Lipinski definition) is 0. The zero-order chi connectivity index (χ0) is 12.4. The molecule has 0 aromatic rings. The third-order valence-corrected chi connectivity index (χ3v) is 2.74. The number of rotatable bonds is 6. The summed E-state index contributed by atoms with van der Waals surface area (Å²) in [6.07, 6.45) is 3.15. The smallest absolute Gasteiger partial charge is 0.122 e. The molecule has 15 heavy (non-hydrogen) atoms. The highest BCUT2D eigenvalue weighted by Gasteiger charge is 2.17. The Morgan fingerprint density at radius 3 is 1.93 bits per heavy atom. The van der Waals surface area contributed by atoms with Crippen LogP contribution in [0.5, 0.6) is 0 Å². The molecule has 0 rings (SSSR count). The molecule has 0 aliphatic rings. The van der Waals surface area contributed by atoms with Gasteiger partial charge in [0, 0.05) is 18.0 Å². The lowest BCUT2D eigenvalue weighted by atomic mass is 9.99. The van der Waals surface area contributed by atoms with E-state index in [4.69, 9.17) is 0 Å². The van der Waals surface area contributed by atoms with Crippen LogP contribution in [0.1, 0.15) is 54.4 Å². The summed E-state index contributed by atoms with van der Waals surface area (Å²) < 4.78 is 0. The molecule has 0 aromatic heterocycles. The summed E-state index contributed by atoms with van der Waals surface area (Å²) in [7, 11) is 2.14. The molecule has 0 saturated carbocycles. The minimum Gasteiger partial charge on any atom is -0.303 e. The average Bonchev–Trinajstić information content (AvgIpc) is 2.27. The molecule has 0 radical (unpaired) electrons. The summed E-state index contributed by atoms with van der Waals surface area (Å²) >= 11 is 0. The van der Waals surface area contributed by atoms with E-state index in [1.807, 2.05) is 20.8 Å². The molecule has 0 bridgehead atoms. The third-order valence-electron chi connectivity index (χ3n) is 2.74. The van der Waals surface area contributed by atoms with Crippen LogP contribution < -0.4 is 0 Å². The highest BCUT2D eigenvalue weighted by atomic mass is 16.1. The first-order chi connectivity index (χ1) is 7.02. The van der Waals surface area contributed by atoms with Crippen LogP contribution in [-0.4, -0.2) is 30.3 Å². The van der Waals surface area contributed by atoms with E-state index in [0.717, 1.165) is 19.1 Å². The Morgan fingerprint density at radius 2 is 1.67 bits per heavy atom. The van der Waals surface area contributed by atoms with E-state index >= 15 is 0 Å². The highest BCUT2D eigenvalue weighted by molar-refractivity contribution is 5.52. The first-order valence-electron chi connectivity index (χ1n) is 6.20. The Balaban J connectivity index is 0. The van der Waals surface area contributed by atoms with Gasteiger partial charge in [-0.25, -0.2) is 0 Å². The maximum Gasteiger partial charge on any atom is 0.122 e. The van der Waals surface area contributed by atoms with Crippen LogP contribution in [0.3, 0.4) is 0 Å². The largest absolute Gasteiger partial charge is 0.303 e. The van der Waals surface area contributed by atoms with Crippen molar-refractivity contribution in [2.45, 2.75) is 66.5 Å². The molecule has 0 amide bonds. The Kier molecular flexibility index (Phi) is 11.5. The van der Waals surface area contributed by atoms with Gasteiger partial charge in [-0.1, -0.05) is 27.7 Å². The number of carbonyl (C=O) groups excluding carboxylic acids is 1. The standard InChI is InChI=1S/C11H23NO.C2H6/c1-6-11(7-10(4)8-13)12(5)9(2)3;1-2/h8-11H,6-7H2,1-5H3;1-2H3. The predicted octanol–water partition coefficient (Wildman–Crippen LogP) is 3.36. The van der Waals surface area contributed by atoms with Crippen molar-refractivity contribution in [2.24, 2.45) is 5.92 Å². The maximum absolute atomic E-state index is 10.5. The lowest BCUT2D eigenvalue weighted by Gasteiger charge is -2.31. The second kappa shape index (κ2) is 10.2. The minimum atomic E-state index is 0.186. The lowest BCUT2D eigenvalue weighted by molar-refractivity contribution is -0.111. The molecule has 2 nitrogen and oxygen atoms in total. The van der Waals surface area contributed by atoms with Gasteiger partial charge in [-0.2, -0.15) is 0 Å². The second-order valence-corrected chi connectivity index (χ2v) is 4.17. The second-order valence-electron chi connectivity index (χ2n) is 4.17. The van der Waals surface area contributed by atoms with Crippen molar-refractivity contribution >= 4 is 6.29 Å². The first-order valence-corrected chi connectivity index (χ1v) is 6.20. The van der Waals surface area contributed by atoms with E-state index in [2.05, 4.69) is 32.7 Å². The van der Waals surface area contributed by atoms with Crippen molar-refractivity contribution in [3.05, 3.63) is 0 Å². The van der Waals surface area contributed by atoms with Crippen LogP contribution in [0, 0.1) is 5.92 Å². The predicted molar refractivity (Wildman–Crippen MR) is 68.2 cm³/mol. The minimum absolute atomic E-state index is 0.186. The van der Waals surface area contributed by atoms with Crippen LogP contribution in [0.25, 0.3) is 0 Å². The summed E-state index contributed by atoms with van der Waals surface area (Å²) in [5.74, 6) is 0.186. The van der Waals surface area contributed by atoms with Gasteiger partial charge >= 0.3 is 0 Å². The van der Waals surface area contributed by atoms with E-state index in [-0.39, 0.29) is 5.92 Å². The van der Waals surface area contributed by atoms with E-state index in [1.54, 1.807) is 0 Å². The monoisotopic (exact) mass is 215 g/mol. The average molecular weight is 215 g/mol. The van der Waals surface area contributed by atoms with Gasteiger partial charge in [0.1, 0.15) is 6.29 Å². The molecule has 92 valence electrons. The molecule has 0 aliphatic heterocycles. The van der Waals surface area contributed by atoms with Gasteiger partial charge in [0.15, 0.2) is 0 Å². The van der Waals surface area contributed by atoms with Crippen LogP contribution in [0.15, 0.2) is 0 Å². The van der Waals surface area contributed by atoms with E-state index in [1.165, 1.54) is 0 Å². The number of aldehydes is 1. The summed E-state index contributed by atoms with van der Waals surface area (Å²) in [4.78, 5) is 12.9. The van der Waals surface area contributed by atoms with E-state index < -0.39 is 0 Å². The maximum atomic E-state index is 10.5. The van der Waals surface area contributed by atoms with Gasteiger partial charge in [0.25, 0.3) is 0 Å². The fraction of sp³-hybridized carbons (Fsp3) is 0.923. The zero-order valence-electron chi connectivity index (χ0n) is 11.6. The Bertz CT molecular complexity index is 145. The Morgan fingerprint density at radius 1 is 1.20 bits per heavy atom. The molecule has 0 aliphatic carbocycles. The van der Waals surface area contributed by atoms with Crippen LogP contribution in [-0.2, 0) is 4.79 Å². The molecule has 0 fully saturated rings. The van der Waals surface area contributed by atoms with E-state index in [0.29, 0.717) is 12.1 Å². The van der Waals surface area contributed by atoms with Crippen molar-refractivity contribution < 1.29 is 4.79 Å². The SMILES string of the molecule is CC.CCC(CC(C)C=O)N(C)C(C)C. The molecule has 0 N–H and O–H groups in total. The summed E-state index contributed by atoms with van der Waals surface area (Å²) in [5, 5.41) is 0. The number of nitrogens with zero attached hydrogens (tertiary/aromatic N) is 1. The fourth-order valence-corrected chi connectivity index (χ4v) is 1.53. The lowest BCUT2D eigenvalue weighted by Crippen LogP contribution is -2.37. The van der Waals surface area contributed by atoms with Gasteiger partial charge in [0.2, 0.25) is 0 Å². The molecule has 0 heterocycles. The molecule has 2 heteroatoms. The van der Waals surface area contributed by atoms with Crippen molar-refractivity contribution in [3.8, 4) is 0 Å². The molecule has 0 saturated heterocycles. The molecule has 2 atom stereocenters. The normalized spacial score (nSPS) is 14.5. The highest BCUT2D eigenvalue weighted by Crippen LogP contribution is 2.14. The third kappa shape index (κ3) is 7.55. The number of hydrogen-bond acceptors (Lipinski definition) is 2. The zero-order valence-corrected chi connectivity index (χ0v) is 11.6. The summed E-state index contributed by atoms with van der Waals surface area (Å²) in [5.41, 5.74) is 0. The van der Waals surface area contributed by atoms with Crippen LogP contribution in [0.4, 0.5) is 0 Å². The van der Waals surface area contributed by atoms with Gasteiger partial charge in [-0.3, -0.25) is 0 Å². The topological polar surface area (TPSA) is 20.3 Å². The van der Waals surface area contributed by atoms with Gasteiger partial charge in [-0.05, 0) is 33.7 Å². The van der Waals surface area contributed by atoms with Crippen molar-refractivity contribution in [2.75, 3.05) is 7.05 Å². The van der Waals surface area contributed by atoms with Crippen molar-refractivity contribution in [3.63, 3.8) is 0 Å². The van der Waals surface area contributed by atoms with Gasteiger partial charge in [-0.15, -0.1) is 0 Å². The van der Waals surface area contributed by atoms with Gasteiger partial charge in [0.05, 0.1) is 0 Å². The molecule has 2 unspecified atom stereocenters. The molecule has 0 aromatic carbocycles. The van der Waals surface area contributed by atoms with E-state index in [9.17, 15) is 4.79 Å². The van der Waals surface area contributed by atoms with Crippen molar-refractivity contribution in [1.82, 2.24) is 4.90 Å². The molecule has 0 spiro atoms. The van der Waals surface area contributed by atoms with Gasteiger partial charge < -0.3 is 9.69 Å². The molecular weight excluding hydrogens is 186 g/mol. The van der Waals surface area contributed by atoms with Crippen LogP contribution in [0.2, 0.25) is 0 Å². The molecular formula is C13H29NO. The summed E-state index contributed by atoms with van der Waals surface area (Å²) in [6, 6.07) is 1.10. The van der Waals surface area contributed by atoms with Crippen LogP contribution >= 0.6 is 0 Å². The first kappa shape index (κ1) is 17.0. The fourth-order valence-electron chi connectivity index (χ4n) is 1.53. The Hall–Kier alpha value is -0.370. The quantitative estimate of drug-likeness (QED) is 0.633. The Labute approximate surface area is 96.0 Å². The van der Waals surface area contributed by atoms with Crippen molar-refractivity contribution in [1.29, 1.82) is 0 Å². The summed E-state index contributed by atoms with van der Waals surface area (Å²) in [6.45, 7) is 12.5.